The molecule has 0 saturated heterocycles. The standard InChI is InChI=1S/C13H22N2O2/c1-4-9(2)10(3)14-7-12-11-8-16-6-5-13(11)17-15-12/h9-10,14H,4-8H2,1-3H3. The highest BCUT2D eigenvalue weighted by Gasteiger charge is 2.20. The number of hydrogen-bond donors (Lipinski definition) is 1. The quantitative estimate of drug-likeness (QED) is 0.855. The van der Waals surface area contributed by atoms with Crippen LogP contribution < -0.4 is 5.32 Å². The van der Waals surface area contributed by atoms with E-state index in [2.05, 4.69) is 31.2 Å². The van der Waals surface area contributed by atoms with Gasteiger partial charge in [0.05, 0.1) is 13.2 Å². The third-order valence-corrected chi connectivity index (χ3v) is 3.76. The van der Waals surface area contributed by atoms with Gasteiger partial charge in [-0.1, -0.05) is 25.4 Å². The zero-order valence-corrected chi connectivity index (χ0v) is 11.0. The van der Waals surface area contributed by atoms with Gasteiger partial charge >= 0.3 is 0 Å². The zero-order chi connectivity index (χ0) is 12.3. The fraction of sp³-hybridized carbons (Fsp3) is 0.769. The second-order valence-corrected chi connectivity index (χ2v) is 4.89. The van der Waals surface area contributed by atoms with Gasteiger partial charge < -0.3 is 14.6 Å². The number of fused-ring (bicyclic) bond motifs is 1. The number of rotatable bonds is 5. The van der Waals surface area contributed by atoms with Crippen LogP contribution in [0.5, 0.6) is 0 Å². The van der Waals surface area contributed by atoms with Crippen molar-refractivity contribution in [2.45, 2.75) is 52.8 Å². The van der Waals surface area contributed by atoms with Crippen LogP contribution in [0.15, 0.2) is 4.52 Å². The number of nitrogens with one attached hydrogen (secondary N) is 1. The number of hydrogen-bond acceptors (Lipinski definition) is 4. The molecule has 1 aromatic rings. The number of nitrogens with zero attached hydrogens (tertiary/aromatic N) is 1. The predicted molar refractivity (Wildman–Crippen MR) is 65.6 cm³/mol. The molecule has 0 amide bonds. The Morgan fingerprint density at radius 1 is 1.41 bits per heavy atom. The first kappa shape index (κ1) is 12.6. The summed E-state index contributed by atoms with van der Waals surface area (Å²) in [7, 11) is 0. The Kier molecular flexibility index (Phi) is 4.18. The maximum absolute atomic E-state index is 5.44. The molecule has 0 bridgehead atoms. The highest BCUT2D eigenvalue weighted by molar-refractivity contribution is 5.23. The molecule has 4 nitrogen and oxygen atoms in total. The Morgan fingerprint density at radius 2 is 2.24 bits per heavy atom. The average molecular weight is 238 g/mol. The summed E-state index contributed by atoms with van der Waals surface area (Å²) in [5, 5.41) is 7.65. The van der Waals surface area contributed by atoms with Crippen molar-refractivity contribution in [1.82, 2.24) is 10.5 Å². The molecule has 0 radical (unpaired) electrons. The molecule has 4 heteroatoms. The summed E-state index contributed by atoms with van der Waals surface area (Å²) >= 11 is 0. The van der Waals surface area contributed by atoms with E-state index in [1.165, 1.54) is 6.42 Å². The average Bonchev–Trinajstić information content (AvgIpc) is 2.78. The molecule has 0 spiro atoms. The summed E-state index contributed by atoms with van der Waals surface area (Å²) in [4.78, 5) is 0. The summed E-state index contributed by atoms with van der Waals surface area (Å²) in [5.74, 6) is 1.68. The number of ether oxygens (including phenoxy) is 1. The second kappa shape index (κ2) is 5.65. The highest BCUT2D eigenvalue weighted by Crippen LogP contribution is 2.20. The largest absolute Gasteiger partial charge is 0.376 e. The van der Waals surface area contributed by atoms with Crippen molar-refractivity contribution in [3.05, 3.63) is 17.0 Å². The first-order valence-corrected chi connectivity index (χ1v) is 6.49. The van der Waals surface area contributed by atoms with Crippen LogP contribution >= 0.6 is 0 Å². The molecule has 2 atom stereocenters. The Morgan fingerprint density at radius 3 is 3.00 bits per heavy atom. The second-order valence-electron chi connectivity index (χ2n) is 4.89. The Hall–Kier alpha value is -0.870. The third kappa shape index (κ3) is 2.87. The summed E-state index contributed by atoms with van der Waals surface area (Å²) in [6, 6.07) is 0.497. The molecule has 1 aliphatic rings. The lowest BCUT2D eigenvalue weighted by molar-refractivity contribution is 0.102. The fourth-order valence-electron chi connectivity index (χ4n) is 2.03. The van der Waals surface area contributed by atoms with Crippen molar-refractivity contribution in [2.75, 3.05) is 6.61 Å². The molecule has 1 N–H and O–H groups in total. The van der Waals surface area contributed by atoms with Gasteiger partial charge in [-0.25, -0.2) is 0 Å². The summed E-state index contributed by atoms with van der Waals surface area (Å²) in [5.41, 5.74) is 2.16. The molecule has 2 unspecified atom stereocenters. The lowest BCUT2D eigenvalue weighted by atomic mass is 10.0. The summed E-state index contributed by atoms with van der Waals surface area (Å²) in [6.07, 6.45) is 2.04. The van der Waals surface area contributed by atoms with Gasteiger partial charge in [0, 0.05) is 24.6 Å². The van der Waals surface area contributed by atoms with Crippen LogP contribution in [0.1, 0.15) is 44.2 Å². The molecule has 1 aliphatic heterocycles. The Labute approximate surface area is 103 Å². The van der Waals surface area contributed by atoms with E-state index in [4.69, 9.17) is 9.26 Å². The minimum atomic E-state index is 0.497. The summed E-state index contributed by atoms with van der Waals surface area (Å²) < 4.78 is 10.8. The molecule has 2 rings (SSSR count). The van der Waals surface area contributed by atoms with Crippen molar-refractivity contribution in [1.29, 1.82) is 0 Å². The zero-order valence-electron chi connectivity index (χ0n) is 11.0. The van der Waals surface area contributed by atoms with Crippen LogP contribution in [0.3, 0.4) is 0 Å². The maximum atomic E-state index is 5.44. The predicted octanol–water partition coefficient (Wildman–Crippen LogP) is 2.27. The van der Waals surface area contributed by atoms with E-state index in [0.29, 0.717) is 18.6 Å². The van der Waals surface area contributed by atoms with Crippen molar-refractivity contribution < 1.29 is 9.26 Å². The summed E-state index contributed by atoms with van der Waals surface area (Å²) in [6.45, 7) is 8.87. The molecular formula is C13H22N2O2. The first-order chi connectivity index (χ1) is 8.22. The van der Waals surface area contributed by atoms with Gasteiger partial charge in [-0.05, 0) is 12.8 Å². The smallest absolute Gasteiger partial charge is 0.144 e. The lowest BCUT2D eigenvalue weighted by Gasteiger charge is -2.19. The van der Waals surface area contributed by atoms with Gasteiger partial charge in [-0.15, -0.1) is 0 Å². The SMILES string of the molecule is CCC(C)C(C)NCc1noc2c1COCC2. The van der Waals surface area contributed by atoms with E-state index >= 15 is 0 Å². The maximum Gasteiger partial charge on any atom is 0.144 e. The molecule has 0 saturated carbocycles. The first-order valence-electron chi connectivity index (χ1n) is 6.49. The molecule has 2 heterocycles. The van der Waals surface area contributed by atoms with Crippen molar-refractivity contribution in [3.8, 4) is 0 Å². The Balaban J connectivity index is 1.93. The molecule has 96 valence electrons. The third-order valence-electron chi connectivity index (χ3n) is 3.76. The van der Waals surface area contributed by atoms with Gasteiger partial charge in [0.1, 0.15) is 11.5 Å². The highest BCUT2D eigenvalue weighted by atomic mass is 16.5. The van der Waals surface area contributed by atoms with Gasteiger partial charge in [0.2, 0.25) is 0 Å². The van der Waals surface area contributed by atoms with Gasteiger partial charge in [-0.2, -0.15) is 0 Å². The Bertz CT molecular complexity index is 362. The van der Waals surface area contributed by atoms with Crippen molar-refractivity contribution in [2.24, 2.45) is 5.92 Å². The molecule has 0 aliphatic carbocycles. The van der Waals surface area contributed by atoms with E-state index in [1.54, 1.807) is 0 Å². The fourth-order valence-corrected chi connectivity index (χ4v) is 2.03. The van der Waals surface area contributed by atoms with Crippen LogP contribution in [0, 0.1) is 5.92 Å². The minimum Gasteiger partial charge on any atom is -0.376 e. The van der Waals surface area contributed by atoms with Gasteiger partial charge in [0.25, 0.3) is 0 Å². The van der Waals surface area contributed by atoms with E-state index in [0.717, 1.165) is 36.6 Å². The van der Waals surface area contributed by atoms with Crippen LogP contribution in [0.2, 0.25) is 0 Å². The van der Waals surface area contributed by atoms with Crippen LogP contribution in [0.25, 0.3) is 0 Å². The molecule has 0 fully saturated rings. The van der Waals surface area contributed by atoms with Crippen LogP contribution in [-0.4, -0.2) is 17.8 Å². The van der Waals surface area contributed by atoms with Gasteiger partial charge in [-0.3, -0.25) is 0 Å². The molecular weight excluding hydrogens is 216 g/mol. The van der Waals surface area contributed by atoms with E-state index in [1.807, 2.05) is 0 Å². The number of aromatic nitrogens is 1. The lowest BCUT2D eigenvalue weighted by Crippen LogP contribution is -2.31. The van der Waals surface area contributed by atoms with Gasteiger partial charge in [0.15, 0.2) is 0 Å². The van der Waals surface area contributed by atoms with E-state index in [-0.39, 0.29) is 0 Å². The van der Waals surface area contributed by atoms with Crippen LogP contribution in [-0.2, 0) is 24.3 Å². The monoisotopic (exact) mass is 238 g/mol. The molecule has 17 heavy (non-hydrogen) atoms. The van der Waals surface area contributed by atoms with E-state index < -0.39 is 0 Å². The van der Waals surface area contributed by atoms with E-state index in [9.17, 15) is 0 Å². The molecule has 0 aromatic carbocycles. The topological polar surface area (TPSA) is 47.3 Å². The van der Waals surface area contributed by atoms with Crippen LogP contribution in [0.4, 0.5) is 0 Å². The normalized spacial score (nSPS) is 18.8. The minimum absolute atomic E-state index is 0.497. The van der Waals surface area contributed by atoms with Crippen molar-refractivity contribution in [3.63, 3.8) is 0 Å². The van der Waals surface area contributed by atoms with Crippen molar-refractivity contribution >= 4 is 0 Å². The molecule has 1 aromatic heterocycles.